The van der Waals surface area contributed by atoms with Gasteiger partial charge in [-0.3, -0.25) is 4.90 Å². The maximum absolute atomic E-state index is 5.54. The number of hydrogen-bond donors (Lipinski definition) is 1. The van der Waals surface area contributed by atoms with Gasteiger partial charge >= 0.3 is 0 Å². The fourth-order valence-electron chi connectivity index (χ4n) is 2.44. The standard InChI is InChI=1S/C13H21BrN2O/c1-15-7-4-11-5-8-16(9-6-11)10-12-2-3-13(14)17-12/h2-3,11,15H,4-10H2,1H3. The van der Waals surface area contributed by atoms with Crippen molar-refractivity contribution in [1.82, 2.24) is 10.2 Å². The largest absolute Gasteiger partial charge is 0.453 e. The Morgan fingerprint density at radius 2 is 2.18 bits per heavy atom. The lowest BCUT2D eigenvalue weighted by molar-refractivity contribution is 0.161. The molecular formula is C13H21BrN2O. The van der Waals surface area contributed by atoms with Crippen molar-refractivity contribution in [3.8, 4) is 0 Å². The third-order valence-corrected chi connectivity index (χ3v) is 3.94. The lowest BCUT2D eigenvalue weighted by atomic mass is 9.93. The number of nitrogens with zero attached hydrogens (tertiary/aromatic N) is 1. The molecule has 1 aromatic heterocycles. The third-order valence-electron chi connectivity index (χ3n) is 3.52. The first-order valence-corrected chi connectivity index (χ1v) is 7.18. The lowest BCUT2D eigenvalue weighted by Crippen LogP contribution is -2.33. The zero-order chi connectivity index (χ0) is 12.1. The molecule has 1 saturated heterocycles. The van der Waals surface area contributed by atoms with E-state index in [1.165, 1.54) is 32.4 Å². The molecule has 0 amide bonds. The molecule has 1 aliphatic rings. The second-order valence-corrected chi connectivity index (χ2v) is 5.60. The van der Waals surface area contributed by atoms with Crippen molar-refractivity contribution in [3.63, 3.8) is 0 Å². The SMILES string of the molecule is CNCCC1CCN(Cc2ccc(Br)o2)CC1. The molecule has 2 rings (SSSR count). The summed E-state index contributed by atoms with van der Waals surface area (Å²) >= 11 is 3.34. The molecule has 17 heavy (non-hydrogen) atoms. The molecule has 1 aromatic rings. The van der Waals surface area contributed by atoms with E-state index in [9.17, 15) is 0 Å². The topological polar surface area (TPSA) is 28.4 Å². The van der Waals surface area contributed by atoms with E-state index in [1.54, 1.807) is 0 Å². The average molecular weight is 301 g/mol. The van der Waals surface area contributed by atoms with Gasteiger partial charge in [-0.25, -0.2) is 0 Å². The number of rotatable bonds is 5. The van der Waals surface area contributed by atoms with Gasteiger partial charge in [0.05, 0.1) is 6.54 Å². The smallest absolute Gasteiger partial charge is 0.169 e. The van der Waals surface area contributed by atoms with Crippen LogP contribution in [-0.4, -0.2) is 31.6 Å². The van der Waals surface area contributed by atoms with E-state index < -0.39 is 0 Å². The molecule has 0 radical (unpaired) electrons. The number of nitrogens with one attached hydrogen (secondary N) is 1. The number of hydrogen-bond acceptors (Lipinski definition) is 3. The van der Waals surface area contributed by atoms with Gasteiger partial charge in [-0.2, -0.15) is 0 Å². The van der Waals surface area contributed by atoms with Gasteiger partial charge in [-0.15, -0.1) is 0 Å². The molecule has 0 bridgehead atoms. The normalized spacial score (nSPS) is 18.7. The molecule has 1 fully saturated rings. The summed E-state index contributed by atoms with van der Waals surface area (Å²) in [7, 11) is 2.03. The van der Waals surface area contributed by atoms with Crippen LogP contribution in [0.4, 0.5) is 0 Å². The first-order valence-electron chi connectivity index (χ1n) is 6.39. The highest BCUT2D eigenvalue weighted by Gasteiger charge is 2.19. The van der Waals surface area contributed by atoms with Crippen molar-refractivity contribution >= 4 is 15.9 Å². The van der Waals surface area contributed by atoms with Crippen molar-refractivity contribution in [3.05, 3.63) is 22.6 Å². The number of likely N-dealkylation sites (tertiary alicyclic amines) is 1. The van der Waals surface area contributed by atoms with Crippen LogP contribution in [0.15, 0.2) is 21.2 Å². The Morgan fingerprint density at radius 1 is 1.41 bits per heavy atom. The third kappa shape index (κ3) is 4.12. The highest BCUT2D eigenvalue weighted by Crippen LogP contribution is 2.22. The van der Waals surface area contributed by atoms with Crippen LogP contribution < -0.4 is 5.32 Å². The van der Waals surface area contributed by atoms with Crippen molar-refractivity contribution < 1.29 is 4.42 Å². The summed E-state index contributed by atoms with van der Waals surface area (Å²) in [4.78, 5) is 2.49. The zero-order valence-corrected chi connectivity index (χ0v) is 12.0. The van der Waals surface area contributed by atoms with E-state index in [1.807, 2.05) is 13.1 Å². The van der Waals surface area contributed by atoms with Crippen LogP contribution >= 0.6 is 15.9 Å². The van der Waals surface area contributed by atoms with E-state index >= 15 is 0 Å². The summed E-state index contributed by atoms with van der Waals surface area (Å²) < 4.78 is 6.37. The molecule has 0 aliphatic carbocycles. The number of halogens is 1. The van der Waals surface area contributed by atoms with Gasteiger partial charge in [-0.05, 0) is 79.9 Å². The summed E-state index contributed by atoms with van der Waals surface area (Å²) in [6.07, 6.45) is 3.96. The predicted molar refractivity (Wildman–Crippen MR) is 73.0 cm³/mol. The molecule has 0 spiro atoms. The van der Waals surface area contributed by atoms with Gasteiger partial charge < -0.3 is 9.73 Å². The van der Waals surface area contributed by atoms with Gasteiger partial charge in [0.1, 0.15) is 5.76 Å². The molecule has 4 heteroatoms. The van der Waals surface area contributed by atoms with Gasteiger partial charge in [0.25, 0.3) is 0 Å². The zero-order valence-electron chi connectivity index (χ0n) is 10.4. The van der Waals surface area contributed by atoms with Crippen LogP contribution in [0.2, 0.25) is 0 Å². The fraction of sp³-hybridized carbons (Fsp3) is 0.692. The minimum atomic E-state index is 0.830. The van der Waals surface area contributed by atoms with E-state index in [-0.39, 0.29) is 0 Å². The number of furan rings is 1. The molecule has 3 nitrogen and oxygen atoms in total. The van der Waals surface area contributed by atoms with E-state index in [0.29, 0.717) is 0 Å². The molecule has 2 heterocycles. The minimum absolute atomic E-state index is 0.830. The highest BCUT2D eigenvalue weighted by atomic mass is 79.9. The monoisotopic (exact) mass is 300 g/mol. The number of piperidine rings is 1. The van der Waals surface area contributed by atoms with Gasteiger partial charge in [-0.1, -0.05) is 0 Å². The fourth-order valence-corrected chi connectivity index (χ4v) is 2.78. The Balaban J connectivity index is 1.72. The van der Waals surface area contributed by atoms with Crippen LogP contribution in [0, 0.1) is 5.92 Å². The van der Waals surface area contributed by atoms with E-state index in [0.717, 1.165) is 29.4 Å². The summed E-state index contributed by atoms with van der Waals surface area (Å²) in [6.45, 7) is 4.50. The highest BCUT2D eigenvalue weighted by molar-refractivity contribution is 9.10. The van der Waals surface area contributed by atoms with Crippen LogP contribution in [-0.2, 0) is 6.54 Å². The predicted octanol–water partition coefficient (Wildman–Crippen LogP) is 2.86. The van der Waals surface area contributed by atoms with Crippen LogP contribution in [0.1, 0.15) is 25.0 Å². The quantitative estimate of drug-likeness (QED) is 0.906. The summed E-state index contributed by atoms with van der Waals surface area (Å²) in [5, 5.41) is 3.23. The minimum Gasteiger partial charge on any atom is -0.453 e. The molecule has 1 aliphatic heterocycles. The second-order valence-electron chi connectivity index (χ2n) is 4.82. The van der Waals surface area contributed by atoms with Gasteiger partial charge in [0.15, 0.2) is 4.67 Å². The summed E-state index contributed by atoms with van der Waals surface area (Å²) in [5.41, 5.74) is 0. The van der Waals surface area contributed by atoms with Crippen molar-refractivity contribution in [2.24, 2.45) is 5.92 Å². The first kappa shape index (κ1) is 13.1. The second kappa shape index (κ2) is 6.57. The molecule has 0 aromatic carbocycles. The van der Waals surface area contributed by atoms with E-state index in [4.69, 9.17) is 4.42 Å². The Kier molecular flexibility index (Phi) is 5.07. The van der Waals surface area contributed by atoms with Crippen LogP contribution in [0.3, 0.4) is 0 Å². The average Bonchev–Trinajstić information content (AvgIpc) is 2.74. The maximum Gasteiger partial charge on any atom is 0.169 e. The van der Waals surface area contributed by atoms with E-state index in [2.05, 4.69) is 32.2 Å². The lowest BCUT2D eigenvalue weighted by Gasteiger charge is -2.31. The Hall–Kier alpha value is -0.320. The van der Waals surface area contributed by atoms with Crippen molar-refractivity contribution in [2.75, 3.05) is 26.7 Å². The molecule has 0 unspecified atom stereocenters. The molecular weight excluding hydrogens is 280 g/mol. The Bertz CT molecular complexity index is 332. The van der Waals surface area contributed by atoms with Gasteiger partial charge in [0, 0.05) is 0 Å². The van der Waals surface area contributed by atoms with Crippen molar-refractivity contribution in [1.29, 1.82) is 0 Å². The summed E-state index contributed by atoms with van der Waals surface area (Å²) in [5.74, 6) is 1.97. The molecule has 96 valence electrons. The maximum atomic E-state index is 5.54. The Morgan fingerprint density at radius 3 is 2.76 bits per heavy atom. The molecule has 1 N–H and O–H groups in total. The van der Waals surface area contributed by atoms with Crippen LogP contribution in [0.25, 0.3) is 0 Å². The Labute approximate surface area is 112 Å². The van der Waals surface area contributed by atoms with Gasteiger partial charge in [0.2, 0.25) is 0 Å². The van der Waals surface area contributed by atoms with Crippen LogP contribution in [0.5, 0.6) is 0 Å². The molecule has 0 atom stereocenters. The molecule has 0 saturated carbocycles. The first-order chi connectivity index (χ1) is 8.28. The van der Waals surface area contributed by atoms with Crippen molar-refractivity contribution in [2.45, 2.75) is 25.8 Å². The summed E-state index contributed by atoms with van der Waals surface area (Å²) in [6, 6.07) is 4.02.